The van der Waals surface area contributed by atoms with E-state index in [1.165, 1.54) is 32.4 Å². The van der Waals surface area contributed by atoms with Gasteiger partial charge in [-0.15, -0.1) is 0 Å². The van der Waals surface area contributed by atoms with Gasteiger partial charge in [0.05, 0.1) is 0 Å². The van der Waals surface area contributed by atoms with Gasteiger partial charge in [0.2, 0.25) is 0 Å². The second-order valence-electron chi connectivity index (χ2n) is 5.39. The van der Waals surface area contributed by atoms with Crippen LogP contribution < -0.4 is 5.32 Å². The van der Waals surface area contributed by atoms with Crippen LogP contribution in [-0.2, 0) is 0 Å². The summed E-state index contributed by atoms with van der Waals surface area (Å²) in [7, 11) is 0. The van der Waals surface area contributed by atoms with Crippen LogP contribution in [0.15, 0.2) is 0 Å². The minimum absolute atomic E-state index is 0.615. The second-order valence-corrected chi connectivity index (χ2v) is 5.39. The molecule has 1 aliphatic heterocycles. The van der Waals surface area contributed by atoms with Gasteiger partial charge in [-0.3, -0.25) is 4.90 Å². The van der Waals surface area contributed by atoms with Crippen LogP contribution in [0.25, 0.3) is 0 Å². The van der Waals surface area contributed by atoms with Gasteiger partial charge in [-0.1, -0.05) is 34.1 Å². The SMILES string of the molecule is CCCC(CNC(C)C)N1CCC(C)C1. The lowest BCUT2D eigenvalue weighted by molar-refractivity contribution is 0.213. The van der Waals surface area contributed by atoms with Crippen molar-refractivity contribution < 1.29 is 0 Å². The Bertz CT molecular complexity index is 168. The molecule has 2 nitrogen and oxygen atoms in total. The Labute approximate surface area is 95.4 Å². The number of rotatable bonds is 6. The lowest BCUT2D eigenvalue weighted by Crippen LogP contribution is -2.42. The van der Waals surface area contributed by atoms with Gasteiger partial charge in [-0.2, -0.15) is 0 Å². The van der Waals surface area contributed by atoms with Crippen LogP contribution in [0.3, 0.4) is 0 Å². The smallest absolute Gasteiger partial charge is 0.0220 e. The summed E-state index contributed by atoms with van der Waals surface area (Å²) in [5.74, 6) is 0.906. The zero-order valence-electron chi connectivity index (χ0n) is 10.9. The van der Waals surface area contributed by atoms with Crippen molar-refractivity contribution in [2.45, 2.75) is 59.0 Å². The average molecular weight is 212 g/mol. The number of likely N-dealkylation sites (tertiary alicyclic amines) is 1. The highest BCUT2D eigenvalue weighted by Crippen LogP contribution is 2.19. The van der Waals surface area contributed by atoms with Crippen LogP contribution in [-0.4, -0.2) is 36.6 Å². The van der Waals surface area contributed by atoms with E-state index in [0.717, 1.165) is 18.5 Å². The predicted octanol–water partition coefficient (Wildman–Crippen LogP) is 2.49. The summed E-state index contributed by atoms with van der Waals surface area (Å²) in [5.41, 5.74) is 0. The summed E-state index contributed by atoms with van der Waals surface area (Å²) in [6.45, 7) is 12.9. The summed E-state index contributed by atoms with van der Waals surface area (Å²) in [4.78, 5) is 2.68. The molecule has 2 unspecified atom stereocenters. The number of hydrogen-bond acceptors (Lipinski definition) is 2. The lowest BCUT2D eigenvalue weighted by Gasteiger charge is -2.28. The maximum absolute atomic E-state index is 3.58. The highest BCUT2D eigenvalue weighted by Gasteiger charge is 2.24. The number of nitrogens with zero attached hydrogens (tertiary/aromatic N) is 1. The van der Waals surface area contributed by atoms with Crippen LogP contribution in [0.1, 0.15) is 47.0 Å². The van der Waals surface area contributed by atoms with E-state index < -0.39 is 0 Å². The minimum atomic E-state index is 0.615. The third-order valence-corrected chi connectivity index (χ3v) is 3.36. The minimum Gasteiger partial charge on any atom is -0.313 e. The van der Waals surface area contributed by atoms with Crippen molar-refractivity contribution in [2.24, 2.45) is 5.92 Å². The molecular weight excluding hydrogens is 184 g/mol. The Balaban J connectivity index is 2.35. The molecular formula is C13H28N2. The molecule has 1 saturated heterocycles. The van der Waals surface area contributed by atoms with Crippen LogP contribution in [0, 0.1) is 5.92 Å². The molecule has 1 heterocycles. The number of hydrogen-bond donors (Lipinski definition) is 1. The summed E-state index contributed by atoms with van der Waals surface area (Å²) in [5, 5.41) is 3.58. The summed E-state index contributed by atoms with van der Waals surface area (Å²) < 4.78 is 0. The summed E-state index contributed by atoms with van der Waals surface area (Å²) >= 11 is 0. The van der Waals surface area contributed by atoms with Gasteiger partial charge in [-0.05, 0) is 25.3 Å². The Morgan fingerprint density at radius 2 is 2.13 bits per heavy atom. The molecule has 0 aromatic heterocycles. The third-order valence-electron chi connectivity index (χ3n) is 3.36. The first-order chi connectivity index (χ1) is 7.13. The van der Waals surface area contributed by atoms with Gasteiger partial charge in [0, 0.05) is 25.2 Å². The molecule has 0 radical (unpaired) electrons. The molecule has 90 valence electrons. The molecule has 2 atom stereocenters. The topological polar surface area (TPSA) is 15.3 Å². The Morgan fingerprint density at radius 1 is 1.40 bits per heavy atom. The molecule has 0 aromatic carbocycles. The second kappa shape index (κ2) is 6.49. The third kappa shape index (κ3) is 4.52. The summed E-state index contributed by atoms with van der Waals surface area (Å²) in [6, 6.07) is 1.38. The predicted molar refractivity (Wildman–Crippen MR) is 67.2 cm³/mol. The van der Waals surface area contributed by atoms with Crippen molar-refractivity contribution in [3.05, 3.63) is 0 Å². The summed E-state index contributed by atoms with van der Waals surface area (Å²) in [6.07, 6.45) is 4.03. The van der Waals surface area contributed by atoms with E-state index in [1.54, 1.807) is 0 Å². The highest BCUT2D eigenvalue weighted by molar-refractivity contribution is 4.81. The van der Waals surface area contributed by atoms with Crippen molar-refractivity contribution in [3.63, 3.8) is 0 Å². The van der Waals surface area contributed by atoms with Crippen molar-refractivity contribution >= 4 is 0 Å². The fraction of sp³-hybridized carbons (Fsp3) is 1.00. The Kier molecular flexibility index (Phi) is 5.62. The van der Waals surface area contributed by atoms with Crippen LogP contribution in [0.2, 0.25) is 0 Å². The van der Waals surface area contributed by atoms with Gasteiger partial charge < -0.3 is 5.32 Å². The first kappa shape index (κ1) is 13.0. The molecule has 15 heavy (non-hydrogen) atoms. The van der Waals surface area contributed by atoms with E-state index in [2.05, 4.69) is 37.9 Å². The largest absolute Gasteiger partial charge is 0.313 e. The van der Waals surface area contributed by atoms with Gasteiger partial charge in [-0.25, -0.2) is 0 Å². The first-order valence-corrected chi connectivity index (χ1v) is 6.61. The normalized spacial score (nSPS) is 25.0. The van der Waals surface area contributed by atoms with Gasteiger partial charge in [0.1, 0.15) is 0 Å². The maximum Gasteiger partial charge on any atom is 0.0220 e. The van der Waals surface area contributed by atoms with Crippen LogP contribution in [0.4, 0.5) is 0 Å². The molecule has 1 rings (SSSR count). The Morgan fingerprint density at radius 3 is 2.60 bits per heavy atom. The van der Waals surface area contributed by atoms with E-state index in [0.29, 0.717) is 6.04 Å². The van der Waals surface area contributed by atoms with Crippen molar-refractivity contribution in [1.82, 2.24) is 10.2 Å². The average Bonchev–Trinajstić information content (AvgIpc) is 2.59. The molecule has 1 aliphatic rings. The molecule has 0 saturated carbocycles. The maximum atomic E-state index is 3.58. The van der Waals surface area contributed by atoms with E-state index in [9.17, 15) is 0 Å². The van der Waals surface area contributed by atoms with E-state index in [-0.39, 0.29) is 0 Å². The van der Waals surface area contributed by atoms with E-state index in [4.69, 9.17) is 0 Å². The first-order valence-electron chi connectivity index (χ1n) is 6.61. The molecule has 0 aromatic rings. The quantitative estimate of drug-likeness (QED) is 0.728. The molecule has 0 spiro atoms. The number of nitrogens with one attached hydrogen (secondary N) is 1. The van der Waals surface area contributed by atoms with Crippen LogP contribution in [0.5, 0.6) is 0 Å². The van der Waals surface area contributed by atoms with E-state index in [1.807, 2.05) is 0 Å². The fourth-order valence-electron chi connectivity index (χ4n) is 2.42. The fourth-order valence-corrected chi connectivity index (χ4v) is 2.42. The highest BCUT2D eigenvalue weighted by atomic mass is 15.2. The standard InChI is InChI=1S/C13H28N2/c1-5-6-13(9-14-11(2)3)15-8-7-12(4)10-15/h11-14H,5-10H2,1-4H3. The molecule has 0 amide bonds. The van der Waals surface area contributed by atoms with Crippen molar-refractivity contribution in [3.8, 4) is 0 Å². The molecule has 1 N–H and O–H groups in total. The zero-order valence-corrected chi connectivity index (χ0v) is 10.9. The van der Waals surface area contributed by atoms with Crippen molar-refractivity contribution in [1.29, 1.82) is 0 Å². The van der Waals surface area contributed by atoms with Crippen LogP contribution >= 0.6 is 0 Å². The van der Waals surface area contributed by atoms with Gasteiger partial charge in [0.25, 0.3) is 0 Å². The zero-order chi connectivity index (χ0) is 11.3. The van der Waals surface area contributed by atoms with Gasteiger partial charge in [0.15, 0.2) is 0 Å². The molecule has 0 aliphatic carbocycles. The molecule has 2 heteroatoms. The monoisotopic (exact) mass is 212 g/mol. The Hall–Kier alpha value is -0.0800. The molecule has 1 fully saturated rings. The van der Waals surface area contributed by atoms with E-state index >= 15 is 0 Å². The van der Waals surface area contributed by atoms with Crippen molar-refractivity contribution in [2.75, 3.05) is 19.6 Å². The molecule has 0 bridgehead atoms. The van der Waals surface area contributed by atoms with Gasteiger partial charge >= 0.3 is 0 Å². The lowest BCUT2D eigenvalue weighted by atomic mass is 10.1.